The first-order valence-corrected chi connectivity index (χ1v) is 9.14. The second-order valence-corrected chi connectivity index (χ2v) is 6.87. The van der Waals surface area contributed by atoms with E-state index in [4.69, 9.17) is 16.9 Å². The van der Waals surface area contributed by atoms with Crippen LogP contribution in [0.5, 0.6) is 5.75 Å². The summed E-state index contributed by atoms with van der Waals surface area (Å²) < 4.78 is 5.25. The SMILES string of the molecule is C#CC(C)(C)N(CCC)c1cccc(OC)c1.Nc1cc2ccccc2[nH]1. The largest absolute Gasteiger partial charge is 0.497 e. The minimum Gasteiger partial charge on any atom is -0.497 e. The Morgan fingerprint density at radius 2 is 1.89 bits per heavy atom. The number of fused-ring (bicyclic) bond motifs is 1. The van der Waals surface area contributed by atoms with E-state index in [1.807, 2.05) is 48.5 Å². The third kappa shape index (κ3) is 5.21. The maximum Gasteiger partial charge on any atom is 0.120 e. The number of rotatable bonds is 5. The van der Waals surface area contributed by atoms with Gasteiger partial charge in [-0.2, -0.15) is 0 Å². The number of nitrogens with one attached hydrogen (secondary N) is 1. The summed E-state index contributed by atoms with van der Waals surface area (Å²) in [5, 5.41) is 1.17. The van der Waals surface area contributed by atoms with E-state index in [9.17, 15) is 0 Å². The number of benzene rings is 2. The van der Waals surface area contributed by atoms with E-state index in [0.717, 1.165) is 35.7 Å². The molecule has 4 nitrogen and oxygen atoms in total. The molecule has 27 heavy (non-hydrogen) atoms. The fraction of sp³-hybridized carbons (Fsp3) is 0.304. The molecule has 0 aliphatic carbocycles. The van der Waals surface area contributed by atoms with Crippen molar-refractivity contribution in [1.29, 1.82) is 0 Å². The zero-order valence-corrected chi connectivity index (χ0v) is 16.6. The number of anilines is 2. The molecule has 3 N–H and O–H groups in total. The number of ether oxygens (including phenoxy) is 1. The first kappa shape index (κ1) is 20.3. The van der Waals surface area contributed by atoms with Crippen LogP contribution in [0, 0.1) is 12.3 Å². The quantitative estimate of drug-likeness (QED) is 0.622. The third-order valence-corrected chi connectivity index (χ3v) is 4.39. The van der Waals surface area contributed by atoms with Crippen molar-refractivity contribution >= 4 is 22.4 Å². The molecule has 0 aliphatic heterocycles. The molecule has 0 radical (unpaired) electrons. The highest BCUT2D eigenvalue weighted by Crippen LogP contribution is 2.27. The van der Waals surface area contributed by atoms with E-state index in [2.05, 4.69) is 42.6 Å². The van der Waals surface area contributed by atoms with Crippen LogP contribution in [0.2, 0.25) is 0 Å². The Balaban J connectivity index is 0.000000219. The second-order valence-electron chi connectivity index (χ2n) is 6.87. The number of para-hydroxylation sites is 1. The number of nitrogens with two attached hydrogens (primary N) is 1. The minimum absolute atomic E-state index is 0.289. The Bertz CT molecular complexity index is 872. The average molecular weight is 364 g/mol. The molecule has 0 saturated carbocycles. The maximum atomic E-state index is 5.62. The highest BCUT2D eigenvalue weighted by atomic mass is 16.5. The zero-order chi connectivity index (χ0) is 19.9. The van der Waals surface area contributed by atoms with Crippen molar-refractivity contribution in [3.8, 4) is 18.1 Å². The highest BCUT2D eigenvalue weighted by molar-refractivity contribution is 5.83. The molecule has 0 spiro atoms. The lowest BCUT2D eigenvalue weighted by Crippen LogP contribution is -2.43. The predicted molar refractivity (Wildman–Crippen MR) is 116 cm³/mol. The molecule has 0 amide bonds. The van der Waals surface area contributed by atoms with Gasteiger partial charge in [-0.05, 0) is 44.5 Å². The van der Waals surface area contributed by atoms with E-state index in [1.165, 1.54) is 5.39 Å². The van der Waals surface area contributed by atoms with Crippen LogP contribution < -0.4 is 15.4 Å². The van der Waals surface area contributed by atoms with E-state index in [0.29, 0.717) is 0 Å². The molecule has 2 aromatic carbocycles. The summed E-state index contributed by atoms with van der Waals surface area (Å²) in [5.74, 6) is 4.43. The van der Waals surface area contributed by atoms with Crippen LogP contribution in [-0.4, -0.2) is 24.2 Å². The molecular formula is C23H29N3O. The van der Waals surface area contributed by atoms with Gasteiger partial charge in [-0.1, -0.05) is 37.1 Å². The van der Waals surface area contributed by atoms with Crippen LogP contribution in [0.4, 0.5) is 11.5 Å². The summed E-state index contributed by atoms with van der Waals surface area (Å²) in [4.78, 5) is 5.27. The summed E-state index contributed by atoms with van der Waals surface area (Å²) in [6.07, 6.45) is 6.68. The predicted octanol–water partition coefficient (Wildman–Crippen LogP) is 5.07. The molecule has 0 fully saturated rings. The number of nitrogens with zero attached hydrogens (tertiary/aromatic N) is 1. The van der Waals surface area contributed by atoms with Gasteiger partial charge < -0.3 is 20.4 Å². The van der Waals surface area contributed by atoms with Gasteiger partial charge in [0.05, 0.1) is 12.6 Å². The summed E-state index contributed by atoms with van der Waals surface area (Å²) in [6, 6.07) is 18.0. The molecule has 142 valence electrons. The first-order chi connectivity index (χ1) is 12.9. The number of aromatic amines is 1. The van der Waals surface area contributed by atoms with Crippen LogP contribution in [0.15, 0.2) is 54.6 Å². The van der Waals surface area contributed by atoms with Crippen molar-refractivity contribution in [2.45, 2.75) is 32.7 Å². The van der Waals surface area contributed by atoms with Gasteiger partial charge in [0.25, 0.3) is 0 Å². The summed E-state index contributed by atoms with van der Waals surface area (Å²) in [7, 11) is 1.68. The molecule has 1 heterocycles. The van der Waals surface area contributed by atoms with E-state index in [1.54, 1.807) is 7.11 Å². The number of nitrogen functional groups attached to an aromatic ring is 1. The third-order valence-electron chi connectivity index (χ3n) is 4.39. The Morgan fingerprint density at radius 3 is 2.52 bits per heavy atom. The van der Waals surface area contributed by atoms with Gasteiger partial charge >= 0.3 is 0 Å². The fourth-order valence-corrected chi connectivity index (χ4v) is 2.91. The van der Waals surface area contributed by atoms with E-state index in [-0.39, 0.29) is 5.54 Å². The van der Waals surface area contributed by atoms with Gasteiger partial charge in [0, 0.05) is 29.2 Å². The lowest BCUT2D eigenvalue weighted by atomic mass is 10.0. The van der Waals surface area contributed by atoms with Gasteiger partial charge in [-0.15, -0.1) is 6.42 Å². The van der Waals surface area contributed by atoms with Crippen LogP contribution in [0.1, 0.15) is 27.2 Å². The van der Waals surface area contributed by atoms with Crippen molar-refractivity contribution in [2.75, 3.05) is 24.3 Å². The van der Waals surface area contributed by atoms with Crippen molar-refractivity contribution in [2.24, 2.45) is 0 Å². The first-order valence-electron chi connectivity index (χ1n) is 9.14. The number of H-pyrrole nitrogens is 1. The number of terminal acetylenes is 1. The highest BCUT2D eigenvalue weighted by Gasteiger charge is 2.23. The molecule has 0 bridgehead atoms. The number of hydrogen-bond acceptors (Lipinski definition) is 3. The Morgan fingerprint density at radius 1 is 1.15 bits per heavy atom. The molecule has 4 heteroatoms. The molecule has 3 rings (SSSR count). The molecule has 0 saturated heterocycles. The Labute approximate surface area is 162 Å². The second kappa shape index (κ2) is 9.05. The van der Waals surface area contributed by atoms with Crippen LogP contribution in [0.25, 0.3) is 10.9 Å². The summed E-state index contributed by atoms with van der Waals surface area (Å²) in [5.41, 5.74) is 7.45. The fourth-order valence-electron chi connectivity index (χ4n) is 2.91. The molecular weight excluding hydrogens is 334 g/mol. The lowest BCUT2D eigenvalue weighted by Gasteiger charge is -2.36. The molecule has 3 aromatic rings. The maximum absolute atomic E-state index is 5.62. The standard InChI is InChI=1S/C15H21NO.C8H8N2/c1-6-11-16(15(3,4)7-2)13-9-8-10-14(12-13)17-5;9-8-5-6-3-1-2-4-7(6)10-8/h2,8-10,12H,6,11H2,1,3-5H3;1-5,10H,9H2. The Hall–Kier alpha value is -3.06. The molecule has 0 atom stereocenters. The molecule has 0 aliphatic rings. The number of aromatic nitrogens is 1. The van der Waals surface area contributed by atoms with Gasteiger partial charge in [0.1, 0.15) is 11.6 Å². The van der Waals surface area contributed by atoms with Crippen molar-refractivity contribution in [3.05, 3.63) is 54.6 Å². The Kier molecular flexibility index (Phi) is 6.79. The van der Waals surface area contributed by atoms with E-state index >= 15 is 0 Å². The zero-order valence-electron chi connectivity index (χ0n) is 16.6. The van der Waals surface area contributed by atoms with Gasteiger partial charge in [0.2, 0.25) is 0 Å². The number of hydrogen-bond donors (Lipinski definition) is 2. The van der Waals surface area contributed by atoms with Crippen molar-refractivity contribution < 1.29 is 4.74 Å². The lowest BCUT2D eigenvalue weighted by molar-refractivity contribution is 0.414. The average Bonchev–Trinajstić information content (AvgIpc) is 3.06. The smallest absolute Gasteiger partial charge is 0.120 e. The minimum atomic E-state index is -0.289. The normalized spacial score (nSPS) is 10.6. The van der Waals surface area contributed by atoms with Crippen molar-refractivity contribution in [1.82, 2.24) is 4.98 Å². The monoisotopic (exact) mass is 363 g/mol. The van der Waals surface area contributed by atoms with Crippen LogP contribution >= 0.6 is 0 Å². The topological polar surface area (TPSA) is 54.3 Å². The van der Waals surface area contributed by atoms with Crippen molar-refractivity contribution in [3.63, 3.8) is 0 Å². The summed E-state index contributed by atoms with van der Waals surface area (Å²) in [6.45, 7) is 7.20. The van der Waals surface area contributed by atoms with E-state index < -0.39 is 0 Å². The van der Waals surface area contributed by atoms with Crippen LogP contribution in [0.3, 0.4) is 0 Å². The van der Waals surface area contributed by atoms with Gasteiger partial charge in [-0.3, -0.25) is 0 Å². The molecule has 1 aromatic heterocycles. The van der Waals surface area contributed by atoms with Gasteiger partial charge in [-0.25, -0.2) is 0 Å². The van der Waals surface area contributed by atoms with Gasteiger partial charge in [0.15, 0.2) is 0 Å². The molecule has 0 unspecified atom stereocenters. The summed E-state index contributed by atoms with van der Waals surface area (Å²) >= 11 is 0. The number of methoxy groups -OCH3 is 1. The van der Waals surface area contributed by atoms with Crippen LogP contribution in [-0.2, 0) is 0 Å².